The van der Waals surface area contributed by atoms with Crippen LogP contribution in [0, 0.1) is 6.92 Å². The van der Waals surface area contributed by atoms with Crippen LogP contribution >= 0.6 is 0 Å². The van der Waals surface area contributed by atoms with E-state index in [-0.39, 0.29) is 0 Å². The number of hydrogen-bond donors (Lipinski definition) is 1. The fraction of sp³-hybridized carbons (Fsp3) is 0.600. The molecule has 5 nitrogen and oxygen atoms in total. The van der Waals surface area contributed by atoms with E-state index in [0.717, 1.165) is 17.9 Å². The number of aromatic nitrogens is 2. The number of nitrogens with two attached hydrogens (primary N) is 1. The highest BCUT2D eigenvalue weighted by atomic mass is 16.5. The maximum absolute atomic E-state index is 11.1. The van der Waals surface area contributed by atoms with Gasteiger partial charge in [0.1, 0.15) is 11.9 Å². The molecule has 5 heteroatoms. The van der Waals surface area contributed by atoms with Crippen molar-refractivity contribution >= 4 is 5.97 Å². The minimum absolute atomic E-state index is 0.400. The van der Waals surface area contributed by atoms with Crippen LogP contribution in [-0.2, 0) is 22.5 Å². The lowest BCUT2D eigenvalue weighted by atomic mass is 10.3. The Kier molecular flexibility index (Phi) is 3.85. The van der Waals surface area contributed by atoms with Crippen molar-refractivity contribution < 1.29 is 9.53 Å². The summed E-state index contributed by atoms with van der Waals surface area (Å²) in [5.74, 6) is 0.537. The van der Waals surface area contributed by atoms with Crippen LogP contribution in [0.3, 0.4) is 0 Å². The van der Waals surface area contributed by atoms with Crippen LogP contribution in [0.5, 0.6) is 0 Å². The summed E-state index contributed by atoms with van der Waals surface area (Å²) in [7, 11) is 1.34. The molecule has 0 aliphatic carbocycles. The molecule has 0 saturated heterocycles. The second-order valence-corrected chi connectivity index (χ2v) is 3.43. The number of rotatable bonds is 4. The van der Waals surface area contributed by atoms with Crippen molar-refractivity contribution in [3.05, 3.63) is 17.7 Å². The van der Waals surface area contributed by atoms with Gasteiger partial charge in [-0.1, -0.05) is 6.92 Å². The number of methoxy groups -OCH3 is 1. The third kappa shape index (κ3) is 2.79. The number of hydrogen-bond acceptors (Lipinski definition) is 4. The summed E-state index contributed by atoms with van der Waals surface area (Å²) in [5, 5.41) is 0. The molecule has 0 radical (unpaired) electrons. The topological polar surface area (TPSA) is 70.1 Å². The molecule has 0 saturated carbocycles. The smallest absolute Gasteiger partial charge is 0.324 e. The summed E-state index contributed by atoms with van der Waals surface area (Å²) in [6, 6.07) is -0.631. The number of ether oxygens (including phenoxy) is 1. The first-order chi connectivity index (χ1) is 7.08. The summed E-state index contributed by atoms with van der Waals surface area (Å²) < 4.78 is 6.47. The Morgan fingerprint density at radius 1 is 1.73 bits per heavy atom. The quantitative estimate of drug-likeness (QED) is 0.725. The van der Waals surface area contributed by atoms with Crippen molar-refractivity contribution in [3.8, 4) is 0 Å². The van der Waals surface area contributed by atoms with Crippen LogP contribution in [0.4, 0.5) is 0 Å². The predicted molar refractivity (Wildman–Crippen MR) is 56.3 cm³/mol. The molecule has 0 amide bonds. The molecule has 15 heavy (non-hydrogen) atoms. The van der Waals surface area contributed by atoms with E-state index < -0.39 is 12.0 Å². The van der Waals surface area contributed by atoms with Crippen molar-refractivity contribution in [2.24, 2.45) is 5.73 Å². The average Bonchev–Trinajstić information content (AvgIpc) is 2.57. The third-order valence-corrected chi connectivity index (χ3v) is 2.19. The van der Waals surface area contributed by atoms with Crippen LogP contribution in [0.1, 0.15) is 18.4 Å². The Hall–Kier alpha value is -1.36. The number of imidazole rings is 1. The second kappa shape index (κ2) is 4.93. The second-order valence-electron chi connectivity index (χ2n) is 3.43. The lowest BCUT2D eigenvalue weighted by Gasteiger charge is -2.11. The van der Waals surface area contributed by atoms with Crippen molar-refractivity contribution in [1.82, 2.24) is 9.55 Å². The normalized spacial score (nSPS) is 12.5. The summed E-state index contributed by atoms with van der Waals surface area (Å²) >= 11 is 0. The van der Waals surface area contributed by atoms with E-state index in [1.54, 1.807) is 0 Å². The molecule has 0 aromatic carbocycles. The summed E-state index contributed by atoms with van der Waals surface area (Å²) in [6.07, 6.45) is 2.71. The molecule has 0 aliphatic rings. The van der Waals surface area contributed by atoms with Gasteiger partial charge in [-0.05, 0) is 6.92 Å². The Bertz CT molecular complexity index is 346. The van der Waals surface area contributed by atoms with E-state index in [9.17, 15) is 4.79 Å². The Morgan fingerprint density at radius 2 is 2.40 bits per heavy atom. The molecule has 1 aromatic rings. The highest BCUT2D eigenvalue weighted by molar-refractivity contribution is 5.75. The van der Waals surface area contributed by atoms with E-state index >= 15 is 0 Å². The zero-order valence-electron chi connectivity index (χ0n) is 9.36. The number of esters is 1. The molecule has 1 heterocycles. The number of carbonyl (C=O) groups is 1. The Labute approximate surface area is 89.2 Å². The van der Waals surface area contributed by atoms with E-state index in [1.165, 1.54) is 7.11 Å². The SMILES string of the molecule is CCc1nc(C)cn1CC(N)C(=O)OC. The number of aryl methyl sites for hydroxylation is 2. The van der Waals surface area contributed by atoms with Gasteiger partial charge in [-0.25, -0.2) is 4.98 Å². The van der Waals surface area contributed by atoms with Gasteiger partial charge < -0.3 is 15.0 Å². The zero-order valence-corrected chi connectivity index (χ0v) is 9.36. The maximum Gasteiger partial charge on any atom is 0.324 e. The van der Waals surface area contributed by atoms with E-state index in [2.05, 4.69) is 9.72 Å². The fourth-order valence-corrected chi connectivity index (χ4v) is 1.47. The van der Waals surface area contributed by atoms with Gasteiger partial charge in [0, 0.05) is 19.2 Å². The highest BCUT2D eigenvalue weighted by Crippen LogP contribution is 2.04. The lowest BCUT2D eigenvalue weighted by Crippen LogP contribution is -2.36. The molecule has 84 valence electrons. The van der Waals surface area contributed by atoms with E-state index in [4.69, 9.17) is 5.73 Å². The first-order valence-electron chi connectivity index (χ1n) is 4.94. The van der Waals surface area contributed by atoms with Crippen LogP contribution in [0.15, 0.2) is 6.20 Å². The molecule has 0 fully saturated rings. The molecule has 0 spiro atoms. The minimum atomic E-state index is -0.631. The molecule has 0 aliphatic heterocycles. The molecular formula is C10H17N3O2. The molecule has 0 bridgehead atoms. The van der Waals surface area contributed by atoms with Crippen LogP contribution < -0.4 is 5.73 Å². The maximum atomic E-state index is 11.1. The van der Waals surface area contributed by atoms with Gasteiger partial charge in [0.25, 0.3) is 0 Å². The van der Waals surface area contributed by atoms with Crippen molar-refractivity contribution in [3.63, 3.8) is 0 Å². The van der Waals surface area contributed by atoms with Gasteiger partial charge in [-0.3, -0.25) is 4.79 Å². The van der Waals surface area contributed by atoms with E-state index in [1.807, 2.05) is 24.6 Å². The minimum Gasteiger partial charge on any atom is -0.468 e. The van der Waals surface area contributed by atoms with Gasteiger partial charge in [0.15, 0.2) is 0 Å². The third-order valence-electron chi connectivity index (χ3n) is 2.19. The van der Waals surface area contributed by atoms with Gasteiger partial charge in [0.2, 0.25) is 0 Å². The molecular weight excluding hydrogens is 194 g/mol. The average molecular weight is 211 g/mol. The molecule has 1 atom stereocenters. The predicted octanol–water partition coefficient (Wildman–Crippen LogP) is 0.254. The summed E-state index contributed by atoms with van der Waals surface area (Å²) in [6.45, 7) is 4.35. The van der Waals surface area contributed by atoms with Gasteiger partial charge >= 0.3 is 5.97 Å². The standard InChI is InChI=1S/C10H17N3O2/c1-4-9-12-7(2)5-13(9)6-8(11)10(14)15-3/h5,8H,4,6,11H2,1-3H3. The fourth-order valence-electron chi connectivity index (χ4n) is 1.47. The van der Waals surface area contributed by atoms with Gasteiger partial charge in [0.05, 0.1) is 12.8 Å². The Morgan fingerprint density at radius 3 is 2.93 bits per heavy atom. The monoisotopic (exact) mass is 211 g/mol. The largest absolute Gasteiger partial charge is 0.468 e. The first kappa shape index (κ1) is 11.7. The molecule has 2 N–H and O–H groups in total. The molecule has 1 rings (SSSR count). The molecule has 1 aromatic heterocycles. The van der Waals surface area contributed by atoms with Gasteiger partial charge in [-0.15, -0.1) is 0 Å². The van der Waals surface area contributed by atoms with Crippen LogP contribution in [-0.4, -0.2) is 28.7 Å². The van der Waals surface area contributed by atoms with Gasteiger partial charge in [-0.2, -0.15) is 0 Å². The first-order valence-corrected chi connectivity index (χ1v) is 4.94. The van der Waals surface area contributed by atoms with Crippen molar-refractivity contribution in [2.75, 3.05) is 7.11 Å². The summed E-state index contributed by atoms with van der Waals surface area (Å²) in [4.78, 5) is 15.5. The molecule has 1 unspecified atom stereocenters. The number of nitrogens with zero attached hydrogens (tertiary/aromatic N) is 2. The van der Waals surface area contributed by atoms with Crippen LogP contribution in [0.2, 0.25) is 0 Å². The summed E-state index contributed by atoms with van der Waals surface area (Å²) in [5.41, 5.74) is 6.60. The lowest BCUT2D eigenvalue weighted by molar-refractivity contribution is -0.142. The van der Waals surface area contributed by atoms with Crippen LogP contribution in [0.25, 0.3) is 0 Å². The zero-order chi connectivity index (χ0) is 11.4. The van der Waals surface area contributed by atoms with Crippen molar-refractivity contribution in [1.29, 1.82) is 0 Å². The van der Waals surface area contributed by atoms with Crippen molar-refractivity contribution in [2.45, 2.75) is 32.9 Å². The van der Waals surface area contributed by atoms with E-state index in [0.29, 0.717) is 6.54 Å². The highest BCUT2D eigenvalue weighted by Gasteiger charge is 2.15. The number of carbonyl (C=O) groups excluding carboxylic acids is 1. The Balaban J connectivity index is 2.75.